The number of ether oxygens (including phenoxy) is 4. The fourth-order valence-electron chi connectivity index (χ4n) is 3.31. The molecular weight excluding hydrogens is 392 g/mol. The minimum absolute atomic E-state index is 0.164. The Morgan fingerprint density at radius 1 is 0.759 bits per heavy atom. The summed E-state index contributed by atoms with van der Waals surface area (Å²) in [6.45, 7) is 0.164. The highest BCUT2D eigenvalue weighted by Crippen LogP contribution is 2.44. The van der Waals surface area contributed by atoms with E-state index in [0.717, 1.165) is 22.3 Å². The van der Waals surface area contributed by atoms with Crippen LogP contribution < -0.4 is 18.9 Å². The number of rotatable bonds is 5. The van der Waals surface area contributed by atoms with Gasteiger partial charge in [-0.25, -0.2) is 8.42 Å². The van der Waals surface area contributed by atoms with Crippen molar-refractivity contribution in [3.05, 3.63) is 54.6 Å². The van der Waals surface area contributed by atoms with Gasteiger partial charge in [0, 0.05) is 6.26 Å². The highest BCUT2D eigenvalue weighted by atomic mass is 32.2. The number of benzene rings is 3. The van der Waals surface area contributed by atoms with Crippen molar-refractivity contribution < 1.29 is 27.4 Å². The molecule has 0 fully saturated rings. The molecule has 0 aliphatic carbocycles. The van der Waals surface area contributed by atoms with Gasteiger partial charge in [-0.05, 0) is 58.7 Å². The number of hydrogen-bond acceptors (Lipinski definition) is 6. The van der Waals surface area contributed by atoms with E-state index in [0.29, 0.717) is 23.0 Å². The van der Waals surface area contributed by atoms with Crippen molar-refractivity contribution in [2.45, 2.75) is 4.90 Å². The molecule has 1 aliphatic rings. The van der Waals surface area contributed by atoms with Crippen molar-refractivity contribution in [3.63, 3.8) is 0 Å². The molecule has 0 bridgehead atoms. The van der Waals surface area contributed by atoms with E-state index in [9.17, 15) is 8.42 Å². The van der Waals surface area contributed by atoms with Gasteiger partial charge in [0.15, 0.2) is 32.8 Å². The van der Waals surface area contributed by atoms with Gasteiger partial charge in [0.2, 0.25) is 6.79 Å². The molecule has 0 unspecified atom stereocenters. The fraction of sp³-hybridized carbons (Fsp3) is 0.182. The van der Waals surface area contributed by atoms with Crippen molar-refractivity contribution in [1.82, 2.24) is 0 Å². The summed E-state index contributed by atoms with van der Waals surface area (Å²) in [5.41, 5.74) is 3.56. The zero-order chi connectivity index (χ0) is 20.6. The summed E-state index contributed by atoms with van der Waals surface area (Å²) in [5, 5.41) is 0. The summed E-state index contributed by atoms with van der Waals surface area (Å²) in [4.78, 5) is 0.273. The molecule has 0 radical (unpaired) electrons. The predicted molar refractivity (Wildman–Crippen MR) is 110 cm³/mol. The maximum atomic E-state index is 11.8. The standard InChI is InChI=1S/C22H20O6S/c1-25-19-9-6-15(10-20(19)26-2)18-12-22-21(27-13-28-22)11-17(18)14-4-7-16(8-5-14)29(3,23)24/h4-12H,13H2,1-3H3. The zero-order valence-corrected chi connectivity index (χ0v) is 17.1. The van der Waals surface area contributed by atoms with E-state index in [1.54, 1.807) is 38.5 Å². The van der Waals surface area contributed by atoms with Crippen molar-refractivity contribution in [1.29, 1.82) is 0 Å². The van der Waals surface area contributed by atoms with E-state index in [4.69, 9.17) is 18.9 Å². The lowest BCUT2D eigenvalue weighted by atomic mass is 9.93. The maximum absolute atomic E-state index is 11.8. The third-order valence-corrected chi connectivity index (χ3v) is 5.93. The van der Waals surface area contributed by atoms with Gasteiger partial charge in [0.1, 0.15) is 0 Å². The molecule has 0 aromatic heterocycles. The van der Waals surface area contributed by atoms with E-state index in [2.05, 4.69) is 0 Å². The average molecular weight is 412 g/mol. The second kappa shape index (κ2) is 7.33. The largest absolute Gasteiger partial charge is 0.493 e. The van der Waals surface area contributed by atoms with Crippen LogP contribution in [0.5, 0.6) is 23.0 Å². The first kappa shape index (κ1) is 19.1. The molecule has 1 aliphatic heterocycles. The second-order valence-corrected chi connectivity index (χ2v) is 8.63. The molecule has 0 saturated carbocycles. The van der Waals surface area contributed by atoms with Crippen LogP contribution in [0.3, 0.4) is 0 Å². The number of fused-ring (bicyclic) bond motifs is 1. The minimum atomic E-state index is -3.27. The third-order valence-electron chi connectivity index (χ3n) is 4.80. The topological polar surface area (TPSA) is 71.1 Å². The Balaban J connectivity index is 1.89. The Hall–Kier alpha value is -3.19. The van der Waals surface area contributed by atoms with Crippen LogP contribution in [-0.2, 0) is 9.84 Å². The number of sulfone groups is 1. The molecule has 0 saturated heterocycles. The lowest BCUT2D eigenvalue weighted by molar-refractivity contribution is 0.174. The van der Waals surface area contributed by atoms with E-state index in [-0.39, 0.29) is 11.7 Å². The van der Waals surface area contributed by atoms with Crippen LogP contribution in [0.2, 0.25) is 0 Å². The molecule has 0 N–H and O–H groups in total. The molecule has 0 amide bonds. The molecule has 1 heterocycles. The van der Waals surface area contributed by atoms with Crippen molar-refractivity contribution in [3.8, 4) is 45.3 Å². The van der Waals surface area contributed by atoms with Crippen LogP contribution in [0.1, 0.15) is 0 Å². The first-order chi connectivity index (χ1) is 13.9. The lowest BCUT2D eigenvalue weighted by Gasteiger charge is -2.14. The van der Waals surface area contributed by atoms with Crippen LogP contribution in [0.25, 0.3) is 22.3 Å². The van der Waals surface area contributed by atoms with E-state index < -0.39 is 9.84 Å². The summed E-state index contributed by atoms with van der Waals surface area (Å²) in [5.74, 6) is 2.56. The second-order valence-electron chi connectivity index (χ2n) is 6.62. The molecule has 150 valence electrons. The van der Waals surface area contributed by atoms with Crippen LogP contribution in [0, 0.1) is 0 Å². The lowest BCUT2D eigenvalue weighted by Crippen LogP contribution is -1.96. The molecule has 0 atom stereocenters. The Bertz CT molecular complexity index is 1170. The van der Waals surface area contributed by atoms with Gasteiger partial charge in [0.25, 0.3) is 0 Å². The van der Waals surface area contributed by atoms with E-state index in [1.165, 1.54) is 6.26 Å². The highest BCUT2D eigenvalue weighted by molar-refractivity contribution is 7.90. The van der Waals surface area contributed by atoms with Gasteiger partial charge in [0.05, 0.1) is 19.1 Å². The summed E-state index contributed by atoms with van der Waals surface area (Å²) in [7, 11) is -0.0859. The molecule has 6 nitrogen and oxygen atoms in total. The predicted octanol–water partition coefficient (Wildman–Crippen LogP) is 4.17. The van der Waals surface area contributed by atoms with Gasteiger partial charge >= 0.3 is 0 Å². The van der Waals surface area contributed by atoms with E-state index >= 15 is 0 Å². The van der Waals surface area contributed by atoms with Gasteiger partial charge in [-0.3, -0.25) is 0 Å². The van der Waals surface area contributed by atoms with Gasteiger partial charge in [-0.1, -0.05) is 18.2 Å². The molecule has 3 aromatic rings. The van der Waals surface area contributed by atoms with Gasteiger partial charge < -0.3 is 18.9 Å². The van der Waals surface area contributed by atoms with Crippen molar-refractivity contribution in [2.75, 3.05) is 27.3 Å². The summed E-state index contributed by atoms with van der Waals surface area (Å²) in [6, 6.07) is 16.3. The summed E-state index contributed by atoms with van der Waals surface area (Å²) < 4.78 is 45.5. The monoisotopic (exact) mass is 412 g/mol. The smallest absolute Gasteiger partial charge is 0.231 e. The number of methoxy groups -OCH3 is 2. The highest BCUT2D eigenvalue weighted by Gasteiger charge is 2.20. The zero-order valence-electron chi connectivity index (χ0n) is 16.3. The molecule has 3 aromatic carbocycles. The molecule has 29 heavy (non-hydrogen) atoms. The quantitative estimate of drug-likeness (QED) is 0.626. The van der Waals surface area contributed by atoms with Gasteiger partial charge in [-0.2, -0.15) is 0 Å². The molecule has 7 heteroatoms. The van der Waals surface area contributed by atoms with Crippen molar-refractivity contribution >= 4 is 9.84 Å². The van der Waals surface area contributed by atoms with Crippen molar-refractivity contribution in [2.24, 2.45) is 0 Å². The third kappa shape index (κ3) is 3.61. The van der Waals surface area contributed by atoms with Crippen LogP contribution in [0.4, 0.5) is 0 Å². The molecule has 4 rings (SSSR count). The van der Waals surface area contributed by atoms with E-state index in [1.807, 2.05) is 30.3 Å². The molecule has 0 spiro atoms. The maximum Gasteiger partial charge on any atom is 0.231 e. The summed E-state index contributed by atoms with van der Waals surface area (Å²) >= 11 is 0. The summed E-state index contributed by atoms with van der Waals surface area (Å²) in [6.07, 6.45) is 1.19. The Kier molecular flexibility index (Phi) is 4.84. The fourth-order valence-corrected chi connectivity index (χ4v) is 3.94. The van der Waals surface area contributed by atoms with Crippen LogP contribution in [-0.4, -0.2) is 35.7 Å². The normalized spacial score (nSPS) is 12.7. The Morgan fingerprint density at radius 2 is 1.31 bits per heavy atom. The SMILES string of the molecule is COc1ccc(-c2cc3c(cc2-c2ccc(S(C)(=O)=O)cc2)OCO3)cc1OC. The van der Waals surface area contributed by atoms with Gasteiger partial charge in [-0.15, -0.1) is 0 Å². The van der Waals surface area contributed by atoms with Crippen LogP contribution >= 0.6 is 0 Å². The minimum Gasteiger partial charge on any atom is -0.493 e. The Morgan fingerprint density at radius 3 is 1.86 bits per heavy atom. The average Bonchev–Trinajstić information content (AvgIpc) is 3.19. The number of hydrogen-bond donors (Lipinski definition) is 0. The molecular formula is C22H20O6S. The first-order valence-corrected chi connectivity index (χ1v) is 10.8. The first-order valence-electron chi connectivity index (χ1n) is 8.87. The Labute approximate surface area is 169 Å². The van der Waals surface area contributed by atoms with Crippen LogP contribution in [0.15, 0.2) is 59.5 Å².